The first-order valence-electron chi connectivity index (χ1n) is 6.44. The summed E-state index contributed by atoms with van der Waals surface area (Å²) in [5, 5.41) is 20.1. The van der Waals surface area contributed by atoms with Crippen LogP contribution in [0.2, 0.25) is 0 Å². The Kier molecular flexibility index (Phi) is 3.61. The van der Waals surface area contributed by atoms with Crippen molar-refractivity contribution in [1.82, 2.24) is 4.98 Å². The Hall–Kier alpha value is -2.18. The number of rotatable bonds is 3. The Morgan fingerprint density at radius 2 is 2.25 bits per heavy atom. The van der Waals surface area contributed by atoms with Crippen LogP contribution in [0.1, 0.15) is 25.5 Å². The van der Waals surface area contributed by atoms with Crippen LogP contribution in [-0.4, -0.2) is 34.1 Å². The van der Waals surface area contributed by atoms with Gasteiger partial charge in [-0.05, 0) is 32.8 Å². The van der Waals surface area contributed by atoms with E-state index in [4.69, 9.17) is 0 Å². The van der Waals surface area contributed by atoms with E-state index in [9.17, 15) is 20.0 Å². The van der Waals surface area contributed by atoms with Gasteiger partial charge < -0.3 is 10.0 Å². The Morgan fingerprint density at radius 3 is 2.80 bits per heavy atom. The molecule has 1 N–H and O–H groups in total. The molecule has 1 aliphatic heterocycles. The first-order valence-corrected chi connectivity index (χ1v) is 6.44. The second-order valence-electron chi connectivity index (χ2n) is 5.42. The highest BCUT2D eigenvalue weighted by Crippen LogP contribution is 2.32. The maximum atomic E-state index is 11.3. The highest BCUT2D eigenvalue weighted by Gasteiger charge is 2.38. The van der Waals surface area contributed by atoms with Gasteiger partial charge >= 0.3 is 5.97 Å². The van der Waals surface area contributed by atoms with E-state index in [-0.39, 0.29) is 5.69 Å². The lowest BCUT2D eigenvalue weighted by molar-refractivity contribution is -0.385. The van der Waals surface area contributed by atoms with Gasteiger partial charge in [0, 0.05) is 19.2 Å². The number of aromatic nitrogens is 1. The van der Waals surface area contributed by atoms with Crippen molar-refractivity contribution in [3.8, 4) is 0 Å². The van der Waals surface area contributed by atoms with Gasteiger partial charge in [0.1, 0.15) is 11.5 Å². The molecule has 0 saturated carbocycles. The standard InChI is InChI=1S/C13H17N3O4/c1-9-10(16(19)20)4-5-11(14-9)15-7-3-6-13(2,8-15)12(17)18/h4-5H,3,6-8H2,1-2H3,(H,17,18). The summed E-state index contributed by atoms with van der Waals surface area (Å²) in [7, 11) is 0. The molecule has 1 unspecified atom stereocenters. The first kappa shape index (κ1) is 14.2. The molecule has 1 aromatic heterocycles. The maximum absolute atomic E-state index is 11.3. The molecule has 0 aliphatic carbocycles. The number of anilines is 1. The van der Waals surface area contributed by atoms with Crippen LogP contribution in [0.25, 0.3) is 0 Å². The Balaban J connectivity index is 2.26. The average Bonchev–Trinajstić information content (AvgIpc) is 2.38. The van der Waals surface area contributed by atoms with E-state index in [1.807, 2.05) is 4.90 Å². The topological polar surface area (TPSA) is 96.6 Å². The van der Waals surface area contributed by atoms with Crippen molar-refractivity contribution in [1.29, 1.82) is 0 Å². The smallest absolute Gasteiger partial charge is 0.311 e. The molecule has 1 saturated heterocycles. The van der Waals surface area contributed by atoms with E-state index in [1.54, 1.807) is 19.9 Å². The van der Waals surface area contributed by atoms with Crippen molar-refractivity contribution in [3.05, 3.63) is 27.9 Å². The first-order chi connectivity index (χ1) is 9.33. The Labute approximate surface area is 116 Å². The van der Waals surface area contributed by atoms with Crippen molar-refractivity contribution in [2.45, 2.75) is 26.7 Å². The number of carboxylic acid groups (broad SMARTS) is 1. The molecule has 1 aliphatic rings. The SMILES string of the molecule is Cc1nc(N2CCCC(C)(C(=O)O)C2)ccc1[N+](=O)[O-]. The van der Waals surface area contributed by atoms with Gasteiger partial charge in [-0.3, -0.25) is 14.9 Å². The molecule has 2 rings (SSSR count). The number of pyridine rings is 1. The molecule has 1 aromatic rings. The van der Waals surface area contributed by atoms with Crippen LogP contribution in [0.4, 0.5) is 11.5 Å². The molecule has 0 aromatic carbocycles. The van der Waals surface area contributed by atoms with E-state index in [0.29, 0.717) is 31.0 Å². The minimum Gasteiger partial charge on any atom is -0.481 e. The zero-order valence-corrected chi connectivity index (χ0v) is 11.5. The molecule has 0 amide bonds. The summed E-state index contributed by atoms with van der Waals surface area (Å²) in [6, 6.07) is 3.00. The number of nitro groups is 1. The summed E-state index contributed by atoms with van der Waals surface area (Å²) in [6.07, 6.45) is 1.39. The molecule has 0 bridgehead atoms. The number of aliphatic carboxylic acids is 1. The number of hydrogen-bond acceptors (Lipinski definition) is 5. The number of piperidine rings is 1. The lowest BCUT2D eigenvalue weighted by Crippen LogP contribution is -2.46. The molecule has 0 radical (unpaired) electrons. The normalized spacial score (nSPS) is 22.6. The van der Waals surface area contributed by atoms with Gasteiger partial charge in [-0.2, -0.15) is 0 Å². The fourth-order valence-corrected chi connectivity index (χ4v) is 2.52. The fraction of sp³-hybridized carbons (Fsp3) is 0.538. The summed E-state index contributed by atoms with van der Waals surface area (Å²) in [5.74, 6) is -0.221. The molecule has 1 fully saturated rings. The lowest BCUT2D eigenvalue weighted by atomic mass is 9.82. The van der Waals surface area contributed by atoms with Crippen LogP contribution in [0, 0.1) is 22.5 Å². The van der Waals surface area contributed by atoms with E-state index < -0.39 is 16.3 Å². The third-order valence-corrected chi connectivity index (χ3v) is 3.78. The van der Waals surface area contributed by atoms with Gasteiger partial charge in [-0.1, -0.05) is 0 Å². The monoisotopic (exact) mass is 279 g/mol. The second kappa shape index (κ2) is 5.07. The third-order valence-electron chi connectivity index (χ3n) is 3.78. The maximum Gasteiger partial charge on any atom is 0.311 e. The van der Waals surface area contributed by atoms with Crippen molar-refractivity contribution in [2.24, 2.45) is 5.41 Å². The molecule has 7 nitrogen and oxygen atoms in total. The number of nitrogens with zero attached hydrogens (tertiary/aromatic N) is 3. The third kappa shape index (κ3) is 2.56. The van der Waals surface area contributed by atoms with Crippen LogP contribution >= 0.6 is 0 Å². The minimum atomic E-state index is -0.819. The van der Waals surface area contributed by atoms with Crippen molar-refractivity contribution < 1.29 is 14.8 Å². The average molecular weight is 279 g/mol. The highest BCUT2D eigenvalue weighted by atomic mass is 16.6. The van der Waals surface area contributed by atoms with Crippen LogP contribution in [-0.2, 0) is 4.79 Å². The van der Waals surface area contributed by atoms with Gasteiger partial charge in [0.15, 0.2) is 0 Å². The quantitative estimate of drug-likeness (QED) is 0.671. The zero-order valence-electron chi connectivity index (χ0n) is 11.5. The molecular weight excluding hydrogens is 262 g/mol. The predicted molar refractivity (Wildman–Crippen MR) is 72.8 cm³/mol. The largest absolute Gasteiger partial charge is 0.481 e. The van der Waals surface area contributed by atoms with Crippen LogP contribution in [0.5, 0.6) is 0 Å². The second-order valence-corrected chi connectivity index (χ2v) is 5.42. The van der Waals surface area contributed by atoms with E-state index in [0.717, 1.165) is 6.42 Å². The van der Waals surface area contributed by atoms with Crippen molar-refractivity contribution >= 4 is 17.5 Å². The highest BCUT2D eigenvalue weighted by molar-refractivity contribution is 5.75. The van der Waals surface area contributed by atoms with Gasteiger partial charge in [0.05, 0.1) is 10.3 Å². The van der Waals surface area contributed by atoms with E-state index in [1.165, 1.54) is 6.07 Å². The van der Waals surface area contributed by atoms with Crippen LogP contribution in [0.3, 0.4) is 0 Å². The van der Waals surface area contributed by atoms with E-state index in [2.05, 4.69) is 4.98 Å². The molecule has 0 spiro atoms. The number of carbonyl (C=O) groups is 1. The predicted octanol–water partition coefficient (Wildman–Crippen LogP) is 1.99. The van der Waals surface area contributed by atoms with E-state index >= 15 is 0 Å². The molecule has 20 heavy (non-hydrogen) atoms. The van der Waals surface area contributed by atoms with Crippen LogP contribution in [0.15, 0.2) is 12.1 Å². The summed E-state index contributed by atoms with van der Waals surface area (Å²) < 4.78 is 0. The molecule has 108 valence electrons. The van der Waals surface area contributed by atoms with Gasteiger partial charge in [0.2, 0.25) is 0 Å². The number of carboxylic acids is 1. The summed E-state index contributed by atoms with van der Waals surface area (Å²) >= 11 is 0. The number of aryl methyl sites for hydroxylation is 1. The molecule has 7 heteroatoms. The fourth-order valence-electron chi connectivity index (χ4n) is 2.52. The van der Waals surface area contributed by atoms with Crippen LogP contribution < -0.4 is 4.90 Å². The molecule has 1 atom stereocenters. The number of hydrogen-bond donors (Lipinski definition) is 1. The zero-order chi connectivity index (χ0) is 14.9. The summed E-state index contributed by atoms with van der Waals surface area (Å²) in [5.41, 5.74) is -0.475. The van der Waals surface area contributed by atoms with Gasteiger partial charge in [-0.25, -0.2) is 4.98 Å². The van der Waals surface area contributed by atoms with Crippen molar-refractivity contribution in [3.63, 3.8) is 0 Å². The Morgan fingerprint density at radius 1 is 1.55 bits per heavy atom. The Bertz CT molecular complexity index is 561. The molecular formula is C13H17N3O4. The summed E-state index contributed by atoms with van der Waals surface area (Å²) in [4.78, 5) is 27.8. The van der Waals surface area contributed by atoms with Crippen molar-refractivity contribution in [2.75, 3.05) is 18.0 Å². The van der Waals surface area contributed by atoms with Gasteiger partial charge in [-0.15, -0.1) is 0 Å². The lowest BCUT2D eigenvalue weighted by Gasteiger charge is -2.38. The molecule has 2 heterocycles. The minimum absolute atomic E-state index is 0.0215. The summed E-state index contributed by atoms with van der Waals surface area (Å²) in [6.45, 7) is 4.39. The van der Waals surface area contributed by atoms with Gasteiger partial charge in [0.25, 0.3) is 5.69 Å².